The molecule has 0 fully saturated rings. The Kier molecular flexibility index (Phi) is 3.53. The first kappa shape index (κ1) is 13.5. The average molecular weight is 264 g/mol. The van der Waals surface area contributed by atoms with Crippen LogP contribution in [0.15, 0.2) is 42.5 Å². The van der Waals surface area contributed by atoms with Gasteiger partial charge in [0.05, 0.1) is 7.11 Å². The van der Waals surface area contributed by atoms with Crippen molar-refractivity contribution in [3.63, 3.8) is 0 Å². The van der Waals surface area contributed by atoms with Crippen molar-refractivity contribution in [2.24, 2.45) is 0 Å². The Morgan fingerprint density at radius 1 is 1.05 bits per heavy atom. The van der Waals surface area contributed by atoms with Crippen molar-refractivity contribution in [2.45, 2.75) is 12.5 Å². The molecule has 0 aliphatic heterocycles. The summed E-state index contributed by atoms with van der Waals surface area (Å²) in [6.45, 7) is 1.46. The van der Waals surface area contributed by atoms with E-state index in [0.717, 1.165) is 0 Å². The predicted molar refractivity (Wildman–Crippen MR) is 68.0 cm³/mol. The Balaban J connectivity index is 2.53. The van der Waals surface area contributed by atoms with Crippen molar-refractivity contribution in [3.8, 4) is 5.75 Å². The van der Waals surface area contributed by atoms with Crippen molar-refractivity contribution >= 4 is 0 Å². The van der Waals surface area contributed by atoms with Crippen LogP contribution in [0.4, 0.5) is 8.78 Å². The maximum absolute atomic E-state index is 14.2. The first-order chi connectivity index (χ1) is 8.96. The summed E-state index contributed by atoms with van der Waals surface area (Å²) >= 11 is 0. The lowest BCUT2D eigenvalue weighted by molar-refractivity contribution is 0.0971. The van der Waals surface area contributed by atoms with Gasteiger partial charge in [0.15, 0.2) is 11.6 Å². The Labute approximate surface area is 110 Å². The molecule has 2 nitrogen and oxygen atoms in total. The highest BCUT2D eigenvalue weighted by molar-refractivity contribution is 5.40. The van der Waals surface area contributed by atoms with Gasteiger partial charge in [-0.3, -0.25) is 0 Å². The molecule has 2 rings (SSSR count). The molecule has 0 radical (unpaired) electrons. The molecule has 0 bridgehead atoms. The van der Waals surface area contributed by atoms with E-state index in [9.17, 15) is 13.9 Å². The predicted octanol–water partition coefficient (Wildman–Crippen LogP) is 3.23. The fourth-order valence-corrected chi connectivity index (χ4v) is 1.97. The highest BCUT2D eigenvalue weighted by Crippen LogP contribution is 2.34. The summed E-state index contributed by atoms with van der Waals surface area (Å²) < 4.78 is 32.0. The van der Waals surface area contributed by atoms with Gasteiger partial charge in [-0.05, 0) is 30.7 Å². The van der Waals surface area contributed by atoms with Crippen molar-refractivity contribution in [1.29, 1.82) is 0 Å². The van der Waals surface area contributed by atoms with Crippen molar-refractivity contribution in [3.05, 3.63) is 65.2 Å². The van der Waals surface area contributed by atoms with Gasteiger partial charge >= 0.3 is 0 Å². The van der Waals surface area contributed by atoms with Crippen LogP contribution in [0.25, 0.3) is 0 Å². The molecular weight excluding hydrogens is 250 g/mol. The van der Waals surface area contributed by atoms with Crippen molar-refractivity contribution in [1.82, 2.24) is 0 Å². The molecule has 0 saturated carbocycles. The summed E-state index contributed by atoms with van der Waals surface area (Å²) in [6.07, 6.45) is 0. The van der Waals surface area contributed by atoms with E-state index >= 15 is 0 Å². The minimum atomic E-state index is -1.56. The van der Waals surface area contributed by atoms with E-state index in [-0.39, 0.29) is 11.3 Å². The monoisotopic (exact) mass is 264 g/mol. The summed E-state index contributed by atoms with van der Waals surface area (Å²) in [5.41, 5.74) is -1.08. The summed E-state index contributed by atoms with van der Waals surface area (Å²) in [4.78, 5) is 0. The van der Waals surface area contributed by atoms with E-state index in [0.29, 0.717) is 5.56 Å². The van der Waals surface area contributed by atoms with Crippen molar-refractivity contribution < 1.29 is 18.6 Å². The summed E-state index contributed by atoms with van der Waals surface area (Å²) in [5.74, 6) is -0.982. The van der Waals surface area contributed by atoms with Gasteiger partial charge in [0.25, 0.3) is 0 Å². The summed E-state index contributed by atoms with van der Waals surface area (Å²) in [6, 6.07) is 9.84. The minimum absolute atomic E-state index is 0.0555. The molecular formula is C15H14F2O2. The number of benzene rings is 2. The van der Waals surface area contributed by atoms with Gasteiger partial charge < -0.3 is 9.84 Å². The van der Waals surface area contributed by atoms with E-state index in [2.05, 4.69) is 0 Å². The van der Waals surface area contributed by atoms with Crippen LogP contribution < -0.4 is 4.74 Å². The van der Waals surface area contributed by atoms with Crippen LogP contribution in [0.1, 0.15) is 18.1 Å². The number of hydrogen-bond acceptors (Lipinski definition) is 2. The van der Waals surface area contributed by atoms with Crippen LogP contribution in [0.5, 0.6) is 5.75 Å². The van der Waals surface area contributed by atoms with Gasteiger partial charge in [-0.15, -0.1) is 0 Å². The summed E-state index contributed by atoms with van der Waals surface area (Å²) in [5, 5.41) is 10.5. The average Bonchev–Trinajstić information content (AvgIpc) is 2.39. The molecule has 0 aliphatic carbocycles. The van der Waals surface area contributed by atoms with Gasteiger partial charge in [0.1, 0.15) is 11.4 Å². The lowest BCUT2D eigenvalue weighted by Crippen LogP contribution is -2.24. The van der Waals surface area contributed by atoms with Gasteiger partial charge in [-0.2, -0.15) is 0 Å². The molecule has 0 spiro atoms. The largest absolute Gasteiger partial charge is 0.494 e. The molecule has 1 atom stereocenters. The molecule has 4 heteroatoms. The number of ether oxygens (including phenoxy) is 1. The molecule has 0 heterocycles. The zero-order chi connectivity index (χ0) is 14.0. The highest BCUT2D eigenvalue weighted by atomic mass is 19.1. The SMILES string of the molecule is COc1cccc(C(C)(O)c2ccc(F)cc2)c1F. The van der Waals surface area contributed by atoms with Crippen molar-refractivity contribution in [2.75, 3.05) is 7.11 Å². The van der Waals surface area contributed by atoms with E-state index in [1.807, 2.05) is 0 Å². The molecule has 0 saturated heterocycles. The molecule has 100 valence electrons. The van der Waals surface area contributed by atoms with E-state index in [1.54, 1.807) is 6.07 Å². The third kappa shape index (κ3) is 2.44. The number of methoxy groups -OCH3 is 1. The number of hydrogen-bond donors (Lipinski definition) is 1. The lowest BCUT2D eigenvalue weighted by atomic mass is 9.88. The number of aliphatic hydroxyl groups is 1. The quantitative estimate of drug-likeness (QED) is 0.922. The first-order valence-corrected chi connectivity index (χ1v) is 5.78. The Morgan fingerprint density at radius 3 is 2.26 bits per heavy atom. The second-order valence-electron chi connectivity index (χ2n) is 4.40. The van der Waals surface area contributed by atoms with Crippen LogP contribution in [0.2, 0.25) is 0 Å². The maximum atomic E-state index is 14.2. The molecule has 2 aromatic rings. The molecule has 2 aromatic carbocycles. The topological polar surface area (TPSA) is 29.5 Å². The Bertz CT molecular complexity index is 577. The fraction of sp³-hybridized carbons (Fsp3) is 0.200. The zero-order valence-electron chi connectivity index (χ0n) is 10.7. The van der Waals surface area contributed by atoms with Crippen LogP contribution in [0, 0.1) is 11.6 Å². The standard InChI is InChI=1S/C15H14F2O2/c1-15(18,10-6-8-11(16)9-7-10)12-4-3-5-13(19-2)14(12)17/h3-9,18H,1-2H3. The third-order valence-corrected chi connectivity index (χ3v) is 3.11. The van der Waals surface area contributed by atoms with E-state index < -0.39 is 17.2 Å². The third-order valence-electron chi connectivity index (χ3n) is 3.11. The second kappa shape index (κ2) is 4.97. The van der Waals surface area contributed by atoms with Gasteiger partial charge in [0, 0.05) is 5.56 Å². The molecule has 0 amide bonds. The van der Waals surface area contributed by atoms with Gasteiger partial charge in [-0.25, -0.2) is 8.78 Å². The van der Waals surface area contributed by atoms with Crippen LogP contribution in [0.3, 0.4) is 0 Å². The molecule has 19 heavy (non-hydrogen) atoms. The molecule has 1 unspecified atom stereocenters. The second-order valence-corrected chi connectivity index (χ2v) is 4.40. The van der Waals surface area contributed by atoms with Gasteiger partial charge in [-0.1, -0.05) is 24.3 Å². The fourth-order valence-electron chi connectivity index (χ4n) is 1.97. The molecule has 0 aliphatic rings. The minimum Gasteiger partial charge on any atom is -0.494 e. The first-order valence-electron chi connectivity index (χ1n) is 5.78. The lowest BCUT2D eigenvalue weighted by Gasteiger charge is -2.25. The highest BCUT2D eigenvalue weighted by Gasteiger charge is 2.30. The molecule has 1 N–H and O–H groups in total. The number of rotatable bonds is 3. The van der Waals surface area contributed by atoms with Crippen LogP contribution in [-0.2, 0) is 5.60 Å². The van der Waals surface area contributed by atoms with Crippen LogP contribution >= 0.6 is 0 Å². The zero-order valence-corrected chi connectivity index (χ0v) is 10.7. The van der Waals surface area contributed by atoms with Gasteiger partial charge in [0.2, 0.25) is 0 Å². The van der Waals surface area contributed by atoms with E-state index in [1.165, 1.54) is 50.4 Å². The summed E-state index contributed by atoms with van der Waals surface area (Å²) in [7, 11) is 1.36. The smallest absolute Gasteiger partial charge is 0.171 e. The van der Waals surface area contributed by atoms with E-state index in [4.69, 9.17) is 4.74 Å². The maximum Gasteiger partial charge on any atom is 0.171 e. The van der Waals surface area contributed by atoms with Crippen LogP contribution in [-0.4, -0.2) is 12.2 Å². The normalized spacial score (nSPS) is 13.9. The Hall–Kier alpha value is -1.94. The Morgan fingerprint density at radius 2 is 1.68 bits per heavy atom. The molecule has 0 aromatic heterocycles. The number of halogens is 2.